The highest BCUT2D eigenvalue weighted by atomic mass is 16.5. The monoisotopic (exact) mass is 238 g/mol. The molecule has 17 heavy (non-hydrogen) atoms. The number of nitrogen functional groups attached to an aromatic ring is 1. The topological polar surface area (TPSA) is 73.1 Å². The maximum Gasteiger partial charge on any atom is 0.222 e. The van der Waals surface area contributed by atoms with Crippen LogP contribution < -0.4 is 16.0 Å². The summed E-state index contributed by atoms with van der Waals surface area (Å²) in [6, 6.07) is 0. The summed E-state index contributed by atoms with van der Waals surface area (Å²) >= 11 is 0. The molecule has 1 aromatic rings. The van der Waals surface area contributed by atoms with Gasteiger partial charge in [0.05, 0.1) is 11.7 Å². The normalized spacial score (nSPS) is 11.8. The number of hydrogen-bond donors (Lipinski definition) is 2. The van der Waals surface area contributed by atoms with Crippen molar-refractivity contribution in [2.75, 3.05) is 5.43 Å². The SMILES string of the molecule is Cc1c(NN)nc(C(C)(C)C)nc1OC(C)C. The lowest BCUT2D eigenvalue weighted by Crippen LogP contribution is -2.21. The summed E-state index contributed by atoms with van der Waals surface area (Å²) in [5.74, 6) is 7.38. The van der Waals surface area contributed by atoms with Crippen molar-refractivity contribution in [2.24, 2.45) is 5.84 Å². The minimum Gasteiger partial charge on any atom is -0.475 e. The molecule has 0 amide bonds. The van der Waals surface area contributed by atoms with Crippen LogP contribution in [0.25, 0.3) is 0 Å². The second kappa shape index (κ2) is 4.87. The van der Waals surface area contributed by atoms with Crippen LogP contribution in [0.5, 0.6) is 5.88 Å². The third-order valence-electron chi connectivity index (χ3n) is 2.26. The standard InChI is InChI=1S/C12H22N4O/c1-7(2)17-10-8(3)9(16-13)14-11(15-10)12(4,5)6/h7H,13H2,1-6H3,(H,14,15,16). The number of nitrogens with one attached hydrogen (secondary N) is 1. The molecular formula is C12H22N4O. The molecule has 96 valence electrons. The van der Waals surface area contributed by atoms with Crippen LogP contribution in [-0.4, -0.2) is 16.1 Å². The van der Waals surface area contributed by atoms with Crippen molar-refractivity contribution in [3.63, 3.8) is 0 Å². The number of anilines is 1. The number of ether oxygens (including phenoxy) is 1. The maximum absolute atomic E-state index is 5.68. The van der Waals surface area contributed by atoms with Crippen LogP contribution in [0.4, 0.5) is 5.82 Å². The van der Waals surface area contributed by atoms with Crippen LogP contribution in [0, 0.1) is 6.92 Å². The van der Waals surface area contributed by atoms with E-state index in [9.17, 15) is 0 Å². The Kier molecular flexibility index (Phi) is 3.93. The zero-order valence-electron chi connectivity index (χ0n) is 11.5. The number of aromatic nitrogens is 2. The van der Waals surface area contributed by atoms with Gasteiger partial charge in [-0.25, -0.2) is 10.8 Å². The van der Waals surface area contributed by atoms with E-state index in [1.54, 1.807) is 0 Å². The molecule has 0 saturated heterocycles. The fourth-order valence-corrected chi connectivity index (χ4v) is 1.31. The van der Waals surface area contributed by atoms with Crippen molar-refractivity contribution in [3.05, 3.63) is 11.4 Å². The van der Waals surface area contributed by atoms with Crippen molar-refractivity contribution in [3.8, 4) is 5.88 Å². The smallest absolute Gasteiger partial charge is 0.222 e. The average Bonchev–Trinajstić information content (AvgIpc) is 2.18. The van der Waals surface area contributed by atoms with E-state index in [0.717, 1.165) is 5.56 Å². The van der Waals surface area contributed by atoms with Gasteiger partial charge < -0.3 is 10.2 Å². The number of hydrogen-bond acceptors (Lipinski definition) is 5. The summed E-state index contributed by atoms with van der Waals surface area (Å²) in [4.78, 5) is 8.87. The lowest BCUT2D eigenvalue weighted by atomic mass is 9.95. The fraction of sp³-hybridized carbons (Fsp3) is 0.667. The van der Waals surface area contributed by atoms with Crippen LogP contribution in [0.2, 0.25) is 0 Å². The van der Waals surface area contributed by atoms with E-state index in [-0.39, 0.29) is 11.5 Å². The summed E-state index contributed by atoms with van der Waals surface area (Å²) in [6.45, 7) is 12.0. The third-order valence-corrected chi connectivity index (χ3v) is 2.26. The van der Waals surface area contributed by atoms with E-state index < -0.39 is 0 Å². The molecule has 1 rings (SSSR count). The zero-order valence-corrected chi connectivity index (χ0v) is 11.5. The molecule has 3 N–H and O–H groups in total. The van der Waals surface area contributed by atoms with Crippen LogP contribution >= 0.6 is 0 Å². The number of rotatable bonds is 3. The molecule has 0 spiro atoms. The second-order valence-electron chi connectivity index (χ2n) is 5.39. The molecule has 1 aromatic heterocycles. The largest absolute Gasteiger partial charge is 0.475 e. The maximum atomic E-state index is 5.68. The Bertz CT molecular complexity index is 396. The van der Waals surface area contributed by atoms with Gasteiger partial charge in [-0.05, 0) is 20.8 Å². The molecule has 0 saturated carbocycles. The Balaban J connectivity index is 3.28. The number of hydrazine groups is 1. The lowest BCUT2D eigenvalue weighted by Gasteiger charge is -2.21. The van der Waals surface area contributed by atoms with Crippen molar-refractivity contribution < 1.29 is 4.74 Å². The molecule has 0 aliphatic heterocycles. The van der Waals surface area contributed by atoms with Crippen LogP contribution in [-0.2, 0) is 5.41 Å². The number of nitrogens with two attached hydrogens (primary N) is 1. The first-order valence-corrected chi connectivity index (χ1v) is 5.78. The first kappa shape index (κ1) is 13.7. The second-order valence-corrected chi connectivity index (χ2v) is 5.39. The van der Waals surface area contributed by atoms with Crippen molar-refractivity contribution in [1.82, 2.24) is 9.97 Å². The molecule has 5 nitrogen and oxygen atoms in total. The molecule has 5 heteroatoms. The molecule has 0 aromatic carbocycles. The van der Waals surface area contributed by atoms with Gasteiger partial charge in [-0.2, -0.15) is 4.98 Å². The minimum absolute atomic E-state index is 0.0713. The molecule has 0 radical (unpaired) electrons. The predicted octanol–water partition coefficient (Wildman–Crippen LogP) is 2.16. The van der Waals surface area contributed by atoms with Gasteiger partial charge in [0.1, 0.15) is 5.82 Å². The molecule has 0 bridgehead atoms. The first-order chi connectivity index (χ1) is 7.75. The quantitative estimate of drug-likeness (QED) is 0.623. The highest BCUT2D eigenvalue weighted by molar-refractivity contribution is 5.48. The first-order valence-electron chi connectivity index (χ1n) is 5.78. The van der Waals surface area contributed by atoms with Crippen molar-refractivity contribution >= 4 is 5.82 Å². The molecule has 1 heterocycles. The Labute approximate surface area is 103 Å². The zero-order chi connectivity index (χ0) is 13.2. The average molecular weight is 238 g/mol. The summed E-state index contributed by atoms with van der Waals surface area (Å²) in [6.07, 6.45) is 0.0713. The van der Waals surface area contributed by atoms with E-state index in [2.05, 4.69) is 36.2 Å². The summed E-state index contributed by atoms with van der Waals surface area (Å²) in [7, 11) is 0. The Hall–Kier alpha value is -1.36. The van der Waals surface area contributed by atoms with E-state index in [4.69, 9.17) is 10.6 Å². The van der Waals surface area contributed by atoms with E-state index in [1.807, 2.05) is 20.8 Å². The predicted molar refractivity (Wildman–Crippen MR) is 69.0 cm³/mol. The lowest BCUT2D eigenvalue weighted by molar-refractivity contribution is 0.228. The van der Waals surface area contributed by atoms with E-state index >= 15 is 0 Å². The van der Waals surface area contributed by atoms with Gasteiger partial charge in [-0.15, -0.1) is 0 Å². The number of nitrogens with zero attached hydrogens (tertiary/aromatic N) is 2. The summed E-state index contributed by atoms with van der Waals surface area (Å²) in [5.41, 5.74) is 3.27. The van der Waals surface area contributed by atoms with Gasteiger partial charge in [-0.3, -0.25) is 0 Å². The van der Waals surface area contributed by atoms with Crippen molar-refractivity contribution in [1.29, 1.82) is 0 Å². The fourth-order valence-electron chi connectivity index (χ4n) is 1.31. The van der Waals surface area contributed by atoms with Crippen LogP contribution in [0.1, 0.15) is 46.0 Å². The van der Waals surface area contributed by atoms with Crippen molar-refractivity contribution in [2.45, 2.75) is 53.1 Å². The van der Waals surface area contributed by atoms with Crippen LogP contribution in [0.15, 0.2) is 0 Å². The Morgan fingerprint density at radius 2 is 1.82 bits per heavy atom. The Morgan fingerprint density at radius 3 is 2.24 bits per heavy atom. The molecule has 0 atom stereocenters. The van der Waals surface area contributed by atoms with Gasteiger partial charge in [-0.1, -0.05) is 20.8 Å². The van der Waals surface area contributed by atoms with Gasteiger partial charge >= 0.3 is 0 Å². The van der Waals surface area contributed by atoms with Gasteiger partial charge in [0.25, 0.3) is 0 Å². The highest BCUT2D eigenvalue weighted by Crippen LogP contribution is 2.27. The molecular weight excluding hydrogens is 216 g/mol. The van der Waals surface area contributed by atoms with Gasteiger partial charge in [0, 0.05) is 5.41 Å². The molecule has 0 aliphatic rings. The van der Waals surface area contributed by atoms with Gasteiger partial charge in [0.2, 0.25) is 5.88 Å². The summed E-state index contributed by atoms with van der Waals surface area (Å²) in [5, 5.41) is 0. The minimum atomic E-state index is -0.144. The Morgan fingerprint density at radius 1 is 1.24 bits per heavy atom. The van der Waals surface area contributed by atoms with E-state index in [0.29, 0.717) is 17.5 Å². The molecule has 0 aliphatic carbocycles. The van der Waals surface area contributed by atoms with Crippen LogP contribution in [0.3, 0.4) is 0 Å². The molecule has 0 fully saturated rings. The van der Waals surface area contributed by atoms with Gasteiger partial charge in [0.15, 0.2) is 5.82 Å². The third kappa shape index (κ3) is 3.30. The van der Waals surface area contributed by atoms with E-state index in [1.165, 1.54) is 0 Å². The molecule has 0 unspecified atom stereocenters. The summed E-state index contributed by atoms with van der Waals surface area (Å²) < 4.78 is 5.68. The highest BCUT2D eigenvalue weighted by Gasteiger charge is 2.21.